The Kier molecular flexibility index (Phi) is 6.31. The molecule has 0 bridgehead atoms. The quantitative estimate of drug-likeness (QED) is 0.236. The van der Waals surface area contributed by atoms with Crippen LogP contribution in [0.4, 0.5) is 11.4 Å². The molecule has 4 unspecified atom stereocenters. The fourth-order valence-corrected chi connectivity index (χ4v) is 5.72. The topological polar surface area (TPSA) is 159 Å². The Hall–Kier alpha value is -4.77. The Bertz CT molecular complexity index is 1500. The number of carbonyl (C=O) groups excluding carboxylic acids is 2. The molecule has 0 spiro atoms. The molecule has 2 aliphatic heterocycles. The van der Waals surface area contributed by atoms with E-state index < -0.39 is 46.1 Å². The molecular formula is C28H25N3O8. The van der Waals surface area contributed by atoms with Crippen LogP contribution in [-0.4, -0.2) is 45.6 Å². The van der Waals surface area contributed by atoms with Crippen LogP contribution in [0, 0.1) is 28.9 Å². The predicted octanol–water partition coefficient (Wildman–Crippen LogP) is 3.13. The van der Waals surface area contributed by atoms with Crippen molar-refractivity contribution >= 4 is 29.2 Å². The van der Waals surface area contributed by atoms with E-state index in [4.69, 9.17) is 4.74 Å². The van der Waals surface area contributed by atoms with Crippen LogP contribution in [0.1, 0.15) is 22.7 Å². The lowest BCUT2D eigenvalue weighted by atomic mass is 9.76. The number of rotatable bonds is 7. The van der Waals surface area contributed by atoms with E-state index >= 15 is 0 Å². The summed E-state index contributed by atoms with van der Waals surface area (Å²) in [5.41, 5.74) is -0.134. The van der Waals surface area contributed by atoms with Crippen molar-refractivity contribution in [3.63, 3.8) is 0 Å². The van der Waals surface area contributed by atoms with Gasteiger partial charge in [-0.05, 0) is 41.8 Å². The molecule has 2 amide bonds. The van der Waals surface area contributed by atoms with Gasteiger partial charge < -0.3 is 14.9 Å². The van der Waals surface area contributed by atoms with E-state index in [0.29, 0.717) is 22.4 Å². The minimum Gasteiger partial charge on any atom is -0.504 e. The number of imide groups is 1. The van der Waals surface area contributed by atoms with Gasteiger partial charge in [0.25, 0.3) is 5.69 Å². The number of para-hydroxylation sites is 1. The van der Waals surface area contributed by atoms with E-state index in [1.165, 1.54) is 43.5 Å². The number of nitrogens with zero attached hydrogens (tertiary/aromatic N) is 2. The van der Waals surface area contributed by atoms with E-state index in [0.717, 1.165) is 4.90 Å². The van der Waals surface area contributed by atoms with E-state index in [1.807, 2.05) is 0 Å². The molecule has 0 saturated carbocycles. The molecule has 5 rings (SSSR count). The molecule has 0 aromatic heterocycles. The average Bonchev–Trinajstić information content (AvgIpc) is 3.39. The van der Waals surface area contributed by atoms with Crippen molar-refractivity contribution in [3.05, 3.63) is 93.5 Å². The molecule has 2 aliphatic rings. The Balaban J connectivity index is 1.66. The number of amides is 2. The number of hydrogen-bond acceptors (Lipinski definition) is 8. The number of phenolic OH excluding ortho intramolecular Hbond substituents is 1. The molecule has 200 valence electrons. The normalized spacial score (nSPS) is 24.1. The van der Waals surface area contributed by atoms with Crippen LogP contribution >= 0.6 is 0 Å². The minimum absolute atomic E-state index is 0.126. The smallest absolute Gasteiger partial charge is 0.325 e. The van der Waals surface area contributed by atoms with E-state index in [1.54, 1.807) is 37.3 Å². The maximum Gasteiger partial charge on any atom is 0.325 e. The number of aliphatic carboxylic acids is 1. The van der Waals surface area contributed by atoms with Crippen molar-refractivity contribution in [1.29, 1.82) is 0 Å². The van der Waals surface area contributed by atoms with E-state index in [9.17, 15) is 34.7 Å². The van der Waals surface area contributed by atoms with Gasteiger partial charge in [0.15, 0.2) is 11.5 Å². The minimum atomic E-state index is -1.92. The maximum atomic E-state index is 14.0. The molecule has 2 heterocycles. The van der Waals surface area contributed by atoms with Crippen LogP contribution < -0.4 is 15.0 Å². The highest BCUT2D eigenvalue weighted by Crippen LogP contribution is 2.51. The summed E-state index contributed by atoms with van der Waals surface area (Å²) in [5.74, 6) is -4.91. The number of anilines is 1. The first-order valence-electron chi connectivity index (χ1n) is 12.1. The summed E-state index contributed by atoms with van der Waals surface area (Å²) in [6.07, 6.45) is -0.214. The van der Waals surface area contributed by atoms with Crippen molar-refractivity contribution in [2.24, 2.45) is 11.8 Å². The monoisotopic (exact) mass is 531 g/mol. The summed E-state index contributed by atoms with van der Waals surface area (Å²) in [6, 6.07) is 15.8. The second-order valence-corrected chi connectivity index (χ2v) is 9.73. The highest BCUT2D eigenvalue weighted by molar-refractivity contribution is 6.24. The van der Waals surface area contributed by atoms with Gasteiger partial charge >= 0.3 is 5.97 Å². The van der Waals surface area contributed by atoms with Crippen LogP contribution in [-0.2, 0) is 20.8 Å². The number of aromatic hydroxyl groups is 1. The molecule has 3 aromatic rings. The molecule has 39 heavy (non-hydrogen) atoms. The lowest BCUT2D eigenvalue weighted by Crippen LogP contribution is -2.57. The second kappa shape index (κ2) is 9.52. The zero-order chi connectivity index (χ0) is 28.1. The Morgan fingerprint density at radius 1 is 1.10 bits per heavy atom. The summed E-state index contributed by atoms with van der Waals surface area (Å²) < 4.78 is 5.22. The van der Waals surface area contributed by atoms with Crippen LogP contribution in [0.2, 0.25) is 0 Å². The van der Waals surface area contributed by atoms with Crippen molar-refractivity contribution < 1.29 is 34.3 Å². The number of carboxylic acids is 1. The van der Waals surface area contributed by atoms with Gasteiger partial charge in [0.1, 0.15) is 5.54 Å². The SMILES string of the molecule is COc1cc(C2NC(Cc3ccc([N+](=O)[O-])cc3)(C(=O)O)C3C(=O)N(c4ccccc4C)C(=O)C23)ccc1O. The first-order chi connectivity index (χ1) is 18.6. The van der Waals surface area contributed by atoms with Gasteiger partial charge in [-0.3, -0.25) is 29.8 Å². The van der Waals surface area contributed by atoms with Gasteiger partial charge in [0.2, 0.25) is 11.8 Å². The molecule has 11 nitrogen and oxygen atoms in total. The molecular weight excluding hydrogens is 506 g/mol. The van der Waals surface area contributed by atoms with Crippen LogP contribution in [0.5, 0.6) is 11.5 Å². The van der Waals surface area contributed by atoms with Crippen molar-refractivity contribution in [1.82, 2.24) is 5.32 Å². The molecule has 2 fully saturated rings. The largest absolute Gasteiger partial charge is 0.504 e. The first kappa shape index (κ1) is 25.9. The van der Waals surface area contributed by atoms with Gasteiger partial charge in [-0.15, -0.1) is 0 Å². The summed E-state index contributed by atoms with van der Waals surface area (Å²) in [4.78, 5) is 52.6. The average molecular weight is 532 g/mol. The zero-order valence-electron chi connectivity index (χ0n) is 21.0. The van der Waals surface area contributed by atoms with Crippen LogP contribution in [0.3, 0.4) is 0 Å². The number of phenols is 1. The Morgan fingerprint density at radius 3 is 2.41 bits per heavy atom. The van der Waals surface area contributed by atoms with Crippen molar-refractivity contribution in [3.8, 4) is 11.5 Å². The molecule has 3 aromatic carbocycles. The standard InChI is InChI=1S/C28H25N3O8/c1-15-5-3-4-6-19(15)30-25(33)22-23(26(30)34)28(27(35)36,14-16-7-10-18(11-8-16)31(37)38)29-24(22)17-9-12-20(32)21(13-17)39-2/h3-13,22-24,29,32H,14H2,1-2H3,(H,35,36). The predicted molar refractivity (Wildman–Crippen MR) is 138 cm³/mol. The third kappa shape index (κ3) is 4.07. The number of carboxylic acid groups (broad SMARTS) is 1. The van der Waals surface area contributed by atoms with Gasteiger partial charge in [-0.1, -0.05) is 36.4 Å². The molecule has 0 aliphatic carbocycles. The summed E-state index contributed by atoms with van der Waals surface area (Å²) in [6.45, 7) is 1.76. The number of fused-ring (bicyclic) bond motifs is 1. The zero-order valence-corrected chi connectivity index (χ0v) is 21.0. The fourth-order valence-electron chi connectivity index (χ4n) is 5.72. The van der Waals surface area contributed by atoms with Gasteiger partial charge in [0, 0.05) is 24.6 Å². The van der Waals surface area contributed by atoms with E-state index in [2.05, 4.69) is 5.32 Å². The lowest BCUT2D eigenvalue weighted by Gasteiger charge is -2.31. The molecule has 2 saturated heterocycles. The Labute approximate surface area is 222 Å². The highest BCUT2D eigenvalue weighted by atomic mass is 16.6. The summed E-state index contributed by atoms with van der Waals surface area (Å²) >= 11 is 0. The van der Waals surface area contributed by atoms with Crippen LogP contribution in [0.15, 0.2) is 66.7 Å². The number of aryl methyl sites for hydroxylation is 1. The number of hydrogen-bond donors (Lipinski definition) is 3. The number of carbonyl (C=O) groups is 3. The number of non-ortho nitro benzene ring substituents is 1. The lowest BCUT2D eigenvalue weighted by molar-refractivity contribution is -0.384. The van der Waals surface area contributed by atoms with Gasteiger partial charge in [-0.2, -0.15) is 0 Å². The first-order valence-corrected chi connectivity index (χ1v) is 12.1. The van der Waals surface area contributed by atoms with Crippen molar-refractivity contribution in [2.45, 2.75) is 24.9 Å². The maximum absolute atomic E-state index is 14.0. The van der Waals surface area contributed by atoms with Crippen LogP contribution in [0.25, 0.3) is 0 Å². The summed E-state index contributed by atoms with van der Waals surface area (Å²) in [7, 11) is 1.37. The van der Waals surface area contributed by atoms with Gasteiger partial charge in [0.05, 0.1) is 29.6 Å². The third-order valence-corrected chi connectivity index (χ3v) is 7.59. The number of ether oxygens (including phenoxy) is 1. The number of nitro benzene ring substituents is 1. The number of benzene rings is 3. The molecule has 3 N–H and O–H groups in total. The van der Waals surface area contributed by atoms with E-state index in [-0.39, 0.29) is 23.6 Å². The molecule has 4 atom stereocenters. The third-order valence-electron chi connectivity index (χ3n) is 7.59. The second-order valence-electron chi connectivity index (χ2n) is 9.73. The number of nitrogens with one attached hydrogen (secondary N) is 1. The van der Waals surface area contributed by atoms with Gasteiger partial charge in [-0.25, -0.2) is 4.90 Å². The van der Waals surface area contributed by atoms with Crippen molar-refractivity contribution in [2.75, 3.05) is 12.0 Å². The number of nitro groups is 1. The molecule has 11 heteroatoms. The molecule has 0 radical (unpaired) electrons. The fraction of sp³-hybridized carbons (Fsp3) is 0.250. The number of methoxy groups -OCH3 is 1. The summed E-state index contributed by atoms with van der Waals surface area (Å²) in [5, 5.41) is 34.9. The highest BCUT2D eigenvalue weighted by Gasteiger charge is 2.68. The Morgan fingerprint density at radius 2 is 1.79 bits per heavy atom.